The number of phenols is 1. The quantitative estimate of drug-likeness (QED) is 0.713. The number of aromatic hydroxyl groups is 1. The van der Waals surface area contributed by atoms with E-state index < -0.39 is 5.91 Å². The lowest BCUT2D eigenvalue weighted by Gasteiger charge is -2.00. The molecule has 0 saturated carbocycles. The van der Waals surface area contributed by atoms with Crippen molar-refractivity contribution in [2.24, 2.45) is 16.0 Å². The molecule has 1 aromatic carbocycles. The Labute approximate surface area is 133 Å². The minimum absolute atomic E-state index is 0.0379. The van der Waals surface area contributed by atoms with Crippen LogP contribution in [0.25, 0.3) is 11.0 Å². The summed E-state index contributed by atoms with van der Waals surface area (Å²) >= 11 is 1.09. The van der Waals surface area contributed by atoms with Crippen LogP contribution in [0.2, 0.25) is 0 Å². The van der Waals surface area contributed by atoms with Gasteiger partial charge in [0.1, 0.15) is 11.8 Å². The van der Waals surface area contributed by atoms with Gasteiger partial charge >= 0.3 is 0 Å². The van der Waals surface area contributed by atoms with Gasteiger partial charge < -0.3 is 10.8 Å². The molecule has 1 amide bonds. The van der Waals surface area contributed by atoms with E-state index in [4.69, 9.17) is 11.0 Å². The van der Waals surface area contributed by atoms with Gasteiger partial charge in [-0.05, 0) is 35.8 Å². The SMILES string of the molecule is N#Cc1cnc2nsc(/N=N/c3ccc(O)c(C(N)=O)c3)c2c1. The van der Waals surface area contributed by atoms with E-state index in [0.29, 0.717) is 27.3 Å². The zero-order chi connectivity index (χ0) is 16.4. The first kappa shape index (κ1) is 14.6. The average Bonchev–Trinajstić information content (AvgIpc) is 2.96. The second-order valence-corrected chi connectivity index (χ2v) is 5.21. The summed E-state index contributed by atoms with van der Waals surface area (Å²) in [6, 6.07) is 7.77. The van der Waals surface area contributed by atoms with Gasteiger partial charge in [0, 0.05) is 6.20 Å². The number of nitrogens with two attached hydrogens (primary N) is 1. The van der Waals surface area contributed by atoms with Gasteiger partial charge in [0.15, 0.2) is 10.6 Å². The summed E-state index contributed by atoms with van der Waals surface area (Å²) in [5, 5.41) is 27.6. The third-order valence-electron chi connectivity index (χ3n) is 2.95. The van der Waals surface area contributed by atoms with Crippen LogP contribution >= 0.6 is 11.5 Å². The Morgan fingerprint density at radius 3 is 2.91 bits per heavy atom. The molecule has 2 heterocycles. The molecule has 112 valence electrons. The zero-order valence-electron chi connectivity index (χ0n) is 11.5. The van der Waals surface area contributed by atoms with Crippen molar-refractivity contribution < 1.29 is 9.90 Å². The maximum Gasteiger partial charge on any atom is 0.252 e. The number of carbonyl (C=O) groups excluding carboxylic acids is 1. The molecule has 0 spiro atoms. The number of hydrogen-bond acceptors (Lipinski definition) is 8. The fourth-order valence-corrected chi connectivity index (χ4v) is 2.49. The van der Waals surface area contributed by atoms with E-state index in [1.165, 1.54) is 24.4 Å². The molecule has 3 aromatic rings. The van der Waals surface area contributed by atoms with Gasteiger partial charge in [-0.3, -0.25) is 4.79 Å². The standard InChI is InChI=1S/C14H8N6O2S/c15-5-7-3-10-13(17-6-7)20-23-14(10)19-18-8-1-2-11(21)9(4-8)12(16)22/h1-4,6,21H,(H2,16,22)/b19-18+. The third-order valence-corrected chi connectivity index (χ3v) is 3.69. The Morgan fingerprint density at radius 1 is 1.35 bits per heavy atom. The van der Waals surface area contributed by atoms with Gasteiger partial charge in [0.05, 0.1) is 22.2 Å². The molecule has 0 aliphatic heterocycles. The molecule has 0 bridgehead atoms. The van der Waals surface area contributed by atoms with Gasteiger partial charge in [-0.2, -0.15) is 9.64 Å². The summed E-state index contributed by atoms with van der Waals surface area (Å²) in [6.07, 6.45) is 1.43. The number of nitriles is 1. The lowest BCUT2D eigenvalue weighted by atomic mass is 10.2. The van der Waals surface area contributed by atoms with Crippen molar-refractivity contribution in [1.29, 1.82) is 5.26 Å². The summed E-state index contributed by atoms with van der Waals surface area (Å²) in [4.78, 5) is 15.3. The molecule has 0 fully saturated rings. The van der Waals surface area contributed by atoms with Crippen LogP contribution in [0.5, 0.6) is 5.75 Å². The van der Waals surface area contributed by atoms with Gasteiger partial charge in [-0.15, -0.1) is 10.2 Å². The van der Waals surface area contributed by atoms with Crippen molar-refractivity contribution in [2.75, 3.05) is 0 Å². The molecule has 3 rings (SSSR count). The normalized spacial score (nSPS) is 10.9. The molecular formula is C14H8N6O2S. The molecular weight excluding hydrogens is 316 g/mol. The summed E-state index contributed by atoms with van der Waals surface area (Å²) in [6.45, 7) is 0. The number of fused-ring (bicyclic) bond motifs is 1. The number of amides is 1. The third kappa shape index (κ3) is 2.83. The lowest BCUT2D eigenvalue weighted by molar-refractivity contribution is 0.0998. The molecule has 0 radical (unpaired) electrons. The van der Waals surface area contributed by atoms with Crippen LogP contribution in [-0.4, -0.2) is 20.4 Å². The van der Waals surface area contributed by atoms with E-state index in [1.807, 2.05) is 6.07 Å². The maximum atomic E-state index is 11.2. The van der Waals surface area contributed by atoms with Crippen molar-refractivity contribution in [1.82, 2.24) is 9.36 Å². The fourth-order valence-electron chi connectivity index (χ4n) is 1.84. The molecule has 0 atom stereocenters. The number of azo groups is 1. The number of aromatic nitrogens is 2. The fraction of sp³-hybridized carbons (Fsp3) is 0. The Hall–Kier alpha value is -3.38. The lowest BCUT2D eigenvalue weighted by Crippen LogP contribution is -2.10. The van der Waals surface area contributed by atoms with Gasteiger partial charge in [-0.25, -0.2) is 4.98 Å². The molecule has 9 heteroatoms. The minimum Gasteiger partial charge on any atom is -0.507 e. The predicted octanol–water partition coefficient (Wildman–Crippen LogP) is 2.78. The molecule has 2 aromatic heterocycles. The highest BCUT2D eigenvalue weighted by Crippen LogP contribution is 2.32. The predicted molar refractivity (Wildman–Crippen MR) is 82.9 cm³/mol. The highest BCUT2D eigenvalue weighted by molar-refractivity contribution is 7.11. The first-order valence-corrected chi connectivity index (χ1v) is 7.06. The van der Waals surface area contributed by atoms with Crippen LogP contribution in [0.1, 0.15) is 15.9 Å². The minimum atomic E-state index is -0.759. The van der Waals surface area contributed by atoms with Crippen molar-refractivity contribution in [2.45, 2.75) is 0 Å². The molecule has 0 aliphatic carbocycles. The van der Waals surface area contributed by atoms with Crippen LogP contribution < -0.4 is 5.73 Å². The molecule has 0 saturated heterocycles. The summed E-state index contributed by atoms with van der Waals surface area (Å²) in [5.74, 6) is -0.979. The first-order valence-electron chi connectivity index (χ1n) is 6.28. The summed E-state index contributed by atoms with van der Waals surface area (Å²) in [7, 11) is 0. The topological polar surface area (TPSA) is 138 Å². The first-order chi connectivity index (χ1) is 11.1. The number of pyridine rings is 1. The Morgan fingerprint density at radius 2 is 2.17 bits per heavy atom. The molecule has 3 N–H and O–H groups in total. The van der Waals surface area contributed by atoms with E-state index in [9.17, 15) is 9.90 Å². The maximum absolute atomic E-state index is 11.2. The van der Waals surface area contributed by atoms with Crippen LogP contribution in [0.4, 0.5) is 10.7 Å². The van der Waals surface area contributed by atoms with Gasteiger partial charge in [0.25, 0.3) is 5.91 Å². The molecule has 0 unspecified atom stereocenters. The number of rotatable bonds is 3. The Balaban J connectivity index is 1.99. The number of carbonyl (C=O) groups is 1. The number of benzene rings is 1. The van der Waals surface area contributed by atoms with E-state index in [2.05, 4.69) is 19.6 Å². The highest BCUT2D eigenvalue weighted by atomic mass is 32.1. The van der Waals surface area contributed by atoms with Crippen molar-refractivity contribution in [3.8, 4) is 11.8 Å². The summed E-state index contributed by atoms with van der Waals surface area (Å²) in [5.41, 5.74) is 6.35. The molecule has 23 heavy (non-hydrogen) atoms. The Kier molecular flexibility index (Phi) is 3.66. The van der Waals surface area contributed by atoms with Crippen LogP contribution in [0.15, 0.2) is 40.7 Å². The number of hydrogen-bond donors (Lipinski definition) is 2. The van der Waals surface area contributed by atoms with E-state index >= 15 is 0 Å². The number of primary amides is 1. The van der Waals surface area contributed by atoms with Gasteiger partial charge in [0.2, 0.25) is 0 Å². The second kappa shape index (κ2) is 5.78. The monoisotopic (exact) mass is 324 g/mol. The van der Waals surface area contributed by atoms with E-state index in [-0.39, 0.29) is 11.3 Å². The van der Waals surface area contributed by atoms with Crippen molar-refractivity contribution in [3.63, 3.8) is 0 Å². The van der Waals surface area contributed by atoms with Crippen LogP contribution in [0.3, 0.4) is 0 Å². The van der Waals surface area contributed by atoms with Crippen molar-refractivity contribution >= 4 is 39.2 Å². The number of nitrogens with zero attached hydrogens (tertiary/aromatic N) is 5. The Bertz CT molecular complexity index is 989. The largest absolute Gasteiger partial charge is 0.507 e. The highest BCUT2D eigenvalue weighted by Gasteiger charge is 2.10. The molecule has 0 aliphatic rings. The van der Waals surface area contributed by atoms with Gasteiger partial charge in [-0.1, -0.05) is 0 Å². The summed E-state index contributed by atoms with van der Waals surface area (Å²) < 4.78 is 4.12. The second-order valence-electron chi connectivity index (χ2n) is 4.46. The van der Waals surface area contributed by atoms with Crippen LogP contribution in [-0.2, 0) is 0 Å². The molecule has 8 nitrogen and oxygen atoms in total. The average molecular weight is 324 g/mol. The van der Waals surface area contributed by atoms with E-state index in [1.54, 1.807) is 6.07 Å². The van der Waals surface area contributed by atoms with E-state index in [0.717, 1.165) is 11.5 Å². The van der Waals surface area contributed by atoms with Crippen LogP contribution in [0, 0.1) is 11.3 Å². The smallest absolute Gasteiger partial charge is 0.252 e. The zero-order valence-corrected chi connectivity index (χ0v) is 12.3. The van der Waals surface area contributed by atoms with Crippen molar-refractivity contribution in [3.05, 3.63) is 41.6 Å².